The highest BCUT2D eigenvalue weighted by atomic mass is 32.1. The third-order valence-corrected chi connectivity index (χ3v) is 4.06. The molecular weight excluding hydrogens is 276 g/mol. The predicted octanol–water partition coefficient (Wildman–Crippen LogP) is 3.21. The van der Waals surface area contributed by atoms with E-state index < -0.39 is 17.2 Å². The highest BCUT2D eigenvalue weighted by molar-refractivity contribution is 7.12. The molecule has 1 aromatic heterocycles. The molecular formula is C14H22N2O3S. The van der Waals surface area contributed by atoms with Gasteiger partial charge in [-0.15, -0.1) is 11.3 Å². The van der Waals surface area contributed by atoms with Crippen molar-refractivity contribution in [1.29, 1.82) is 0 Å². The Hall–Kier alpha value is -1.43. The molecule has 0 bridgehead atoms. The van der Waals surface area contributed by atoms with Gasteiger partial charge in [0.15, 0.2) is 6.29 Å². The van der Waals surface area contributed by atoms with Gasteiger partial charge in [-0.25, -0.2) is 9.78 Å². The van der Waals surface area contributed by atoms with Gasteiger partial charge in [0.2, 0.25) is 0 Å². The molecule has 0 aromatic carbocycles. The molecule has 1 aromatic rings. The van der Waals surface area contributed by atoms with Crippen molar-refractivity contribution in [3.63, 3.8) is 0 Å². The molecule has 20 heavy (non-hydrogen) atoms. The Labute approximate surface area is 123 Å². The number of ether oxygens (including phenoxy) is 1. The highest BCUT2D eigenvalue weighted by Crippen LogP contribution is 2.29. The second-order valence-corrected chi connectivity index (χ2v) is 7.23. The maximum absolute atomic E-state index is 11.8. The summed E-state index contributed by atoms with van der Waals surface area (Å²) in [6.45, 7) is 11.0. The first-order chi connectivity index (χ1) is 9.07. The average molecular weight is 298 g/mol. The van der Waals surface area contributed by atoms with Crippen LogP contribution in [0, 0.1) is 0 Å². The molecule has 5 nitrogen and oxygen atoms in total. The number of hydrogen-bond donors (Lipinski definition) is 1. The van der Waals surface area contributed by atoms with Crippen LogP contribution in [-0.4, -0.2) is 23.0 Å². The summed E-state index contributed by atoms with van der Waals surface area (Å²) < 4.78 is 5.19. The van der Waals surface area contributed by atoms with Crippen molar-refractivity contribution in [1.82, 2.24) is 10.3 Å². The van der Waals surface area contributed by atoms with E-state index in [9.17, 15) is 9.59 Å². The second-order valence-electron chi connectivity index (χ2n) is 6.16. The number of aldehydes is 1. The minimum Gasteiger partial charge on any atom is -0.444 e. The van der Waals surface area contributed by atoms with Gasteiger partial charge in [-0.2, -0.15) is 0 Å². The van der Waals surface area contributed by atoms with Crippen LogP contribution < -0.4 is 5.32 Å². The summed E-state index contributed by atoms with van der Waals surface area (Å²) in [6.07, 6.45) is 1.71. The van der Waals surface area contributed by atoms with Crippen LogP contribution in [0.1, 0.15) is 57.3 Å². The molecule has 1 N–H and O–H groups in total. The van der Waals surface area contributed by atoms with Gasteiger partial charge in [0.25, 0.3) is 0 Å². The van der Waals surface area contributed by atoms with E-state index in [1.807, 2.05) is 13.8 Å². The lowest BCUT2D eigenvalue weighted by molar-refractivity contribution is -0.113. The number of amides is 1. The summed E-state index contributed by atoms with van der Waals surface area (Å²) in [4.78, 5) is 28.2. The van der Waals surface area contributed by atoms with E-state index in [1.165, 1.54) is 11.3 Å². The van der Waals surface area contributed by atoms with Gasteiger partial charge >= 0.3 is 6.09 Å². The van der Waals surface area contributed by atoms with Crippen molar-refractivity contribution < 1.29 is 14.3 Å². The number of thiazole rings is 1. The van der Waals surface area contributed by atoms with Gasteiger partial charge < -0.3 is 14.8 Å². The minimum absolute atomic E-state index is 0.283. The number of rotatable bonds is 4. The first-order valence-electron chi connectivity index (χ1n) is 6.51. The number of nitrogens with zero attached hydrogens (tertiary/aromatic N) is 1. The Morgan fingerprint density at radius 2 is 2.00 bits per heavy atom. The molecule has 112 valence electrons. The van der Waals surface area contributed by atoms with Crippen LogP contribution in [0.25, 0.3) is 0 Å². The van der Waals surface area contributed by atoms with E-state index in [2.05, 4.69) is 10.3 Å². The van der Waals surface area contributed by atoms with Crippen molar-refractivity contribution in [3.8, 4) is 0 Å². The maximum atomic E-state index is 11.8. The minimum atomic E-state index is -1.12. The molecule has 0 saturated carbocycles. The third-order valence-electron chi connectivity index (χ3n) is 2.53. The van der Waals surface area contributed by atoms with Crippen molar-refractivity contribution >= 4 is 23.7 Å². The standard InChI is InChI=1S/C14H22N2O3S/c1-9(2)11-15-7-10(20-11)14(6,8-17)16-12(18)19-13(3,4)5/h7-9H,1-6H3,(H,16,18). The van der Waals surface area contributed by atoms with Crippen LogP contribution >= 0.6 is 11.3 Å². The lowest BCUT2D eigenvalue weighted by Gasteiger charge is -2.26. The van der Waals surface area contributed by atoms with Crippen LogP contribution in [0.2, 0.25) is 0 Å². The summed E-state index contributed by atoms with van der Waals surface area (Å²) >= 11 is 1.42. The van der Waals surface area contributed by atoms with E-state index in [4.69, 9.17) is 4.74 Å². The molecule has 0 fully saturated rings. The third kappa shape index (κ3) is 4.30. The fourth-order valence-electron chi connectivity index (χ4n) is 1.46. The quantitative estimate of drug-likeness (QED) is 0.867. The SMILES string of the molecule is CC(C)c1ncc(C(C)(C=O)NC(=O)OC(C)(C)C)s1. The molecule has 0 radical (unpaired) electrons. The molecule has 0 saturated heterocycles. The van der Waals surface area contributed by atoms with E-state index in [0.717, 1.165) is 5.01 Å². The Morgan fingerprint density at radius 3 is 2.40 bits per heavy atom. The zero-order chi connectivity index (χ0) is 15.6. The van der Waals surface area contributed by atoms with Crippen molar-refractivity contribution in [2.45, 2.75) is 58.6 Å². The predicted molar refractivity (Wildman–Crippen MR) is 79.0 cm³/mol. The van der Waals surface area contributed by atoms with Crippen LogP contribution in [0.5, 0.6) is 0 Å². The van der Waals surface area contributed by atoms with Crippen LogP contribution in [0.3, 0.4) is 0 Å². The fraction of sp³-hybridized carbons (Fsp3) is 0.643. The van der Waals surface area contributed by atoms with E-state index in [-0.39, 0.29) is 5.92 Å². The first-order valence-corrected chi connectivity index (χ1v) is 7.33. The van der Waals surface area contributed by atoms with Gasteiger partial charge in [0, 0.05) is 12.1 Å². The van der Waals surface area contributed by atoms with Gasteiger partial charge in [-0.3, -0.25) is 0 Å². The molecule has 1 heterocycles. The topological polar surface area (TPSA) is 68.3 Å². The maximum Gasteiger partial charge on any atom is 0.408 e. The monoisotopic (exact) mass is 298 g/mol. The number of nitrogens with one attached hydrogen (secondary N) is 1. The summed E-state index contributed by atoms with van der Waals surface area (Å²) in [6, 6.07) is 0. The molecule has 1 atom stereocenters. The van der Waals surface area contributed by atoms with Gasteiger partial charge in [0.05, 0.1) is 9.88 Å². The van der Waals surface area contributed by atoms with Crippen LogP contribution in [0.4, 0.5) is 4.79 Å². The molecule has 0 spiro atoms. The number of carbonyl (C=O) groups is 2. The summed E-state index contributed by atoms with van der Waals surface area (Å²) in [5, 5.41) is 3.54. The molecule has 1 rings (SSSR count). The number of alkyl carbamates (subject to hydrolysis) is 1. The summed E-state index contributed by atoms with van der Waals surface area (Å²) in [7, 11) is 0. The summed E-state index contributed by atoms with van der Waals surface area (Å²) in [5.41, 5.74) is -1.72. The van der Waals surface area contributed by atoms with E-state index in [1.54, 1.807) is 33.9 Å². The fourth-order valence-corrected chi connectivity index (χ4v) is 2.44. The van der Waals surface area contributed by atoms with Crippen LogP contribution in [-0.2, 0) is 15.1 Å². The van der Waals surface area contributed by atoms with Crippen molar-refractivity contribution in [3.05, 3.63) is 16.1 Å². The zero-order valence-corrected chi connectivity index (χ0v) is 13.6. The molecule has 1 unspecified atom stereocenters. The Morgan fingerprint density at radius 1 is 1.40 bits per heavy atom. The zero-order valence-electron chi connectivity index (χ0n) is 12.8. The smallest absolute Gasteiger partial charge is 0.408 e. The van der Waals surface area contributed by atoms with Gasteiger partial charge in [0.1, 0.15) is 11.1 Å². The number of carbonyl (C=O) groups excluding carboxylic acids is 2. The summed E-state index contributed by atoms with van der Waals surface area (Å²) in [5.74, 6) is 0.283. The van der Waals surface area contributed by atoms with Crippen molar-refractivity contribution in [2.24, 2.45) is 0 Å². The molecule has 1 amide bonds. The molecule has 0 aliphatic rings. The van der Waals surface area contributed by atoms with Crippen LogP contribution in [0.15, 0.2) is 6.20 Å². The lowest BCUT2D eigenvalue weighted by atomic mass is 10.0. The Kier molecular flexibility index (Phi) is 4.91. The van der Waals surface area contributed by atoms with E-state index in [0.29, 0.717) is 11.2 Å². The van der Waals surface area contributed by atoms with Gasteiger partial charge in [-0.1, -0.05) is 13.8 Å². The molecule has 0 aliphatic carbocycles. The Bertz CT molecular complexity index is 491. The second kappa shape index (κ2) is 5.91. The normalized spacial score (nSPS) is 14.8. The largest absolute Gasteiger partial charge is 0.444 e. The van der Waals surface area contributed by atoms with Gasteiger partial charge in [-0.05, 0) is 27.7 Å². The molecule has 6 heteroatoms. The van der Waals surface area contributed by atoms with E-state index >= 15 is 0 Å². The lowest BCUT2D eigenvalue weighted by Crippen LogP contribution is -2.46. The Balaban J connectivity index is 2.91. The molecule has 0 aliphatic heterocycles. The first kappa shape index (κ1) is 16.6. The number of aromatic nitrogens is 1. The number of hydrogen-bond acceptors (Lipinski definition) is 5. The highest BCUT2D eigenvalue weighted by Gasteiger charge is 2.32. The van der Waals surface area contributed by atoms with Crippen molar-refractivity contribution in [2.75, 3.05) is 0 Å². The average Bonchev–Trinajstić information content (AvgIpc) is 2.75.